The Hall–Kier alpha value is -1.23. The Bertz CT molecular complexity index is 496. The van der Waals surface area contributed by atoms with Crippen LogP contribution in [0.4, 0.5) is 4.39 Å². The van der Waals surface area contributed by atoms with Crippen molar-refractivity contribution in [1.29, 1.82) is 0 Å². The fraction of sp³-hybridized carbons (Fsp3) is 0.562. The van der Waals surface area contributed by atoms with Crippen LogP contribution in [0, 0.1) is 11.7 Å². The van der Waals surface area contributed by atoms with E-state index in [0.29, 0.717) is 12.5 Å². The minimum atomic E-state index is -0.190. The first-order valence-corrected chi connectivity index (χ1v) is 8.80. The van der Waals surface area contributed by atoms with Crippen LogP contribution in [0.25, 0.3) is 0 Å². The number of hydrogen-bond acceptors (Lipinski definition) is 2. The van der Waals surface area contributed by atoms with E-state index in [1.807, 2.05) is 12.3 Å². The molecule has 1 saturated heterocycles. The summed E-state index contributed by atoms with van der Waals surface area (Å²) in [6.07, 6.45) is 4.36. The minimum absolute atomic E-state index is 0.190. The third-order valence-corrected chi connectivity index (χ3v) is 4.59. The van der Waals surface area contributed by atoms with Crippen molar-refractivity contribution in [3.05, 3.63) is 35.1 Å². The molecule has 3 nitrogen and oxygen atoms in total. The number of hydrogen-bond donors (Lipinski definition) is 1. The molecule has 0 aliphatic carbocycles. The average molecular weight is 309 g/mol. The maximum Gasteiger partial charge on any atom is 0.191 e. The molecule has 1 aromatic carbocycles. The molecule has 0 amide bonds. The molecule has 0 unspecified atom stereocenters. The van der Waals surface area contributed by atoms with Crippen LogP contribution in [-0.4, -0.2) is 30.2 Å². The number of nitrogens with two attached hydrogens (primary N) is 1. The van der Waals surface area contributed by atoms with Crippen molar-refractivity contribution in [3.8, 4) is 0 Å². The van der Waals surface area contributed by atoms with Gasteiger partial charge in [-0.2, -0.15) is 11.8 Å². The summed E-state index contributed by atoms with van der Waals surface area (Å²) in [7, 11) is 0. The molecule has 2 rings (SSSR count). The number of nitrogens with zero attached hydrogens (tertiary/aromatic N) is 2. The Morgan fingerprint density at radius 3 is 2.76 bits per heavy atom. The molecule has 1 fully saturated rings. The summed E-state index contributed by atoms with van der Waals surface area (Å²) in [5, 5.41) is 0. The van der Waals surface area contributed by atoms with Gasteiger partial charge in [-0.3, -0.25) is 0 Å². The van der Waals surface area contributed by atoms with E-state index in [-0.39, 0.29) is 5.82 Å². The second-order valence-corrected chi connectivity index (χ2v) is 6.56. The van der Waals surface area contributed by atoms with Gasteiger partial charge in [-0.1, -0.05) is 13.0 Å². The van der Waals surface area contributed by atoms with Gasteiger partial charge in [0.25, 0.3) is 0 Å². The average Bonchev–Trinajstić information content (AvgIpc) is 2.47. The molecule has 1 aromatic rings. The van der Waals surface area contributed by atoms with E-state index in [9.17, 15) is 4.39 Å². The summed E-state index contributed by atoms with van der Waals surface area (Å²) in [6, 6.07) is 4.91. The van der Waals surface area contributed by atoms with Crippen molar-refractivity contribution in [3.63, 3.8) is 0 Å². The van der Waals surface area contributed by atoms with Gasteiger partial charge in [0, 0.05) is 18.8 Å². The zero-order chi connectivity index (χ0) is 15.2. The molecule has 0 aromatic heterocycles. The van der Waals surface area contributed by atoms with Crippen LogP contribution < -0.4 is 5.73 Å². The standard InChI is InChI=1S/C16H24FN3S/c1-12-5-7-20(8-6-12)16(18)19-10-13-3-4-15(17)9-14(13)11-21-2/h3-4,9,12H,5-8,10-11H2,1-2H3,(H2,18,19). The molecule has 0 saturated carbocycles. The normalized spacial score (nSPS) is 17.3. The Morgan fingerprint density at radius 2 is 2.10 bits per heavy atom. The van der Waals surface area contributed by atoms with Gasteiger partial charge in [-0.15, -0.1) is 0 Å². The second kappa shape index (κ2) is 7.69. The Labute approximate surface area is 130 Å². The Kier molecular flexibility index (Phi) is 5.91. The molecule has 116 valence electrons. The number of halogens is 1. The maximum absolute atomic E-state index is 13.3. The van der Waals surface area contributed by atoms with Gasteiger partial charge in [0.2, 0.25) is 0 Å². The molecule has 0 radical (unpaired) electrons. The largest absolute Gasteiger partial charge is 0.370 e. The molecule has 0 bridgehead atoms. The van der Waals surface area contributed by atoms with E-state index >= 15 is 0 Å². The third-order valence-electron chi connectivity index (χ3n) is 3.99. The maximum atomic E-state index is 13.3. The van der Waals surface area contributed by atoms with E-state index < -0.39 is 0 Å². The summed E-state index contributed by atoms with van der Waals surface area (Å²) < 4.78 is 13.3. The summed E-state index contributed by atoms with van der Waals surface area (Å²) in [4.78, 5) is 6.65. The summed E-state index contributed by atoms with van der Waals surface area (Å²) in [5.41, 5.74) is 8.15. The van der Waals surface area contributed by atoms with Gasteiger partial charge < -0.3 is 10.6 Å². The number of rotatable bonds is 4. The van der Waals surface area contributed by atoms with E-state index in [1.165, 1.54) is 18.9 Å². The van der Waals surface area contributed by atoms with E-state index in [0.717, 1.165) is 35.9 Å². The fourth-order valence-corrected chi connectivity index (χ4v) is 3.12. The Morgan fingerprint density at radius 1 is 1.38 bits per heavy atom. The molecule has 1 aliphatic rings. The third kappa shape index (κ3) is 4.63. The molecule has 21 heavy (non-hydrogen) atoms. The first-order chi connectivity index (χ1) is 10.1. The SMILES string of the molecule is CSCc1cc(F)ccc1CN=C(N)N1CCC(C)CC1. The van der Waals surface area contributed by atoms with Gasteiger partial charge in [-0.05, 0) is 48.3 Å². The fourth-order valence-electron chi connectivity index (χ4n) is 2.54. The number of aliphatic imine (C=N–C) groups is 1. The van der Waals surface area contributed by atoms with Crippen molar-refractivity contribution in [1.82, 2.24) is 4.90 Å². The van der Waals surface area contributed by atoms with Crippen LogP contribution in [0.5, 0.6) is 0 Å². The predicted molar refractivity (Wildman–Crippen MR) is 88.9 cm³/mol. The molecule has 2 N–H and O–H groups in total. The highest BCUT2D eigenvalue weighted by Gasteiger charge is 2.16. The zero-order valence-corrected chi connectivity index (χ0v) is 13.6. The first-order valence-electron chi connectivity index (χ1n) is 7.41. The van der Waals surface area contributed by atoms with Crippen molar-refractivity contribution >= 4 is 17.7 Å². The minimum Gasteiger partial charge on any atom is -0.370 e. The van der Waals surface area contributed by atoms with Crippen molar-refractivity contribution < 1.29 is 4.39 Å². The van der Waals surface area contributed by atoms with E-state index in [1.54, 1.807) is 17.8 Å². The summed E-state index contributed by atoms with van der Waals surface area (Å²) in [6.45, 7) is 4.76. The van der Waals surface area contributed by atoms with Gasteiger partial charge in [0.15, 0.2) is 5.96 Å². The lowest BCUT2D eigenvalue weighted by Gasteiger charge is -2.31. The highest BCUT2D eigenvalue weighted by Crippen LogP contribution is 2.19. The lowest BCUT2D eigenvalue weighted by Crippen LogP contribution is -2.42. The molecule has 1 heterocycles. The quantitative estimate of drug-likeness (QED) is 0.686. The monoisotopic (exact) mass is 309 g/mol. The van der Waals surface area contributed by atoms with Crippen LogP contribution in [0.3, 0.4) is 0 Å². The predicted octanol–water partition coefficient (Wildman–Crippen LogP) is 3.24. The van der Waals surface area contributed by atoms with Gasteiger partial charge in [0.05, 0.1) is 6.54 Å². The van der Waals surface area contributed by atoms with Crippen LogP contribution in [-0.2, 0) is 12.3 Å². The summed E-state index contributed by atoms with van der Waals surface area (Å²) in [5.74, 6) is 1.99. The topological polar surface area (TPSA) is 41.6 Å². The highest BCUT2D eigenvalue weighted by molar-refractivity contribution is 7.97. The van der Waals surface area contributed by atoms with E-state index in [2.05, 4.69) is 16.8 Å². The number of likely N-dealkylation sites (tertiary alicyclic amines) is 1. The molecular formula is C16H24FN3S. The van der Waals surface area contributed by atoms with Crippen LogP contribution in [0.15, 0.2) is 23.2 Å². The second-order valence-electron chi connectivity index (χ2n) is 5.69. The molecular weight excluding hydrogens is 285 g/mol. The molecule has 5 heteroatoms. The van der Waals surface area contributed by atoms with Crippen molar-refractivity contribution in [2.24, 2.45) is 16.6 Å². The number of benzene rings is 1. The Balaban J connectivity index is 2.02. The number of guanidine groups is 1. The van der Waals surface area contributed by atoms with Crippen LogP contribution in [0.2, 0.25) is 0 Å². The van der Waals surface area contributed by atoms with Gasteiger partial charge in [0.1, 0.15) is 5.82 Å². The van der Waals surface area contributed by atoms with Gasteiger partial charge in [-0.25, -0.2) is 9.38 Å². The lowest BCUT2D eigenvalue weighted by atomic mass is 10.00. The zero-order valence-electron chi connectivity index (χ0n) is 12.8. The van der Waals surface area contributed by atoms with E-state index in [4.69, 9.17) is 5.73 Å². The molecule has 1 aliphatic heterocycles. The number of piperidine rings is 1. The smallest absolute Gasteiger partial charge is 0.191 e. The van der Waals surface area contributed by atoms with Crippen molar-refractivity contribution in [2.45, 2.75) is 32.1 Å². The lowest BCUT2D eigenvalue weighted by molar-refractivity contribution is 0.277. The highest BCUT2D eigenvalue weighted by atomic mass is 32.2. The van der Waals surface area contributed by atoms with Crippen LogP contribution >= 0.6 is 11.8 Å². The molecule has 0 spiro atoms. The molecule has 0 atom stereocenters. The number of thioether (sulfide) groups is 1. The summed E-state index contributed by atoms with van der Waals surface area (Å²) >= 11 is 1.68. The first kappa shape index (κ1) is 16.1. The van der Waals surface area contributed by atoms with Gasteiger partial charge >= 0.3 is 0 Å². The van der Waals surface area contributed by atoms with Crippen LogP contribution in [0.1, 0.15) is 30.9 Å². The van der Waals surface area contributed by atoms with Crippen molar-refractivity contribution in [2.75, 3.05) is 19.3 Å².